The van der Waals surface area contributed by atoms with Gasteiger partial charge >= 0.3 is 11.3 Å². The third-order valence-corrected chi connectivity index (χ3v) is 2.43. The van der Waals surface area contributed by atoms with E-state index in [9.17, 15) is 4.79 Å². The van der Waals surface area contributed by atoms with Crippen LogP contribution in [0.3, 0.4) is 0 Å². The number of nitrogens with one attached hydrogen (secondary N) is 1. The SMILES string of the molecule is Cc1nc2c(=O)o[nH][n+]2c2ccccc12. The number of nitrogens with zero attached hydrogens (tertiary/aromatic N) is 2. The maximum atomic E-state index is 11.3. The number of hydrogen-bond acceptors (Lipinski definition) is 3. The predicted molar refractivity (Wildman–Crippen MR) is 52.5 cm³/mol. The number of fused-ring (bicyclic) bond motifs is 3. The van der Waals surface area contributed by atoms with Crippen molar-refractivity contribution in [3.63, 3.8) is 0 Å². The molecular formula is C10H8N3O2+. The molecule has 5 heteroatoms. The normalized spacial score (nSPS) is 11.3. The van der Waals surface area contributed by atoms with Gasteiger partial charge in [-0.25, -0.2) is 4.79 Å². The molecule has 0 aliphatic carbocycles. The Bertz CT molecular complexity index is 711. The highest BCUT2D eigenvalue weighted by Crippen LogP contribution is 2.11. The van der Waals surface area contributed by atoms with Gasteiger partial charge < -0.3 is 0 Å². The summed E-state index contributed by atoms with van der Waals surface area (Å²) in [6.07, 6.45) is 0. The van der Waals surface area contributed by atoms with E-state index >= 15 is 0 Å². The van der Waals surface area contributed by atoms with Gasteiger partial charge in [-0.2, -0.15) is 0 Å². The van der Waals surface area contributed by atoms with Crippen molar-refractivity contribution in [2.45, 2.75) is 6.92 Å². The van der Waals surface area contributed by atoms with Gasteiger partial charge in [0.15, 0.2) is 11.2 Å². The molecule has 0 atom stereocenters. The molecule has 74 valence electrons. The van der Waals surface area contributed by atoms with E-state index in [2.05, 4.69) is 10.3 Å². The number of aromatic nitrogens is 3. The summed E-state index contributed by atoms with van der Waals surface area (Å²) < 4.78 is 6.24. The molecule has 0 fully saturated rings. The molecule has 2 aromatic heterocycles. The van der Waals surface area contributed by atoms with Crippen molar-refractivity contribution in [2.24, 2.45) is 0 Å². The Morgan fingerprint density at radius 3 is 3.07 bits per heavy atom. The molecule has 0 radical (unpaired) electrons. The highest BCUT2D eigenvalue weighted by molar-refractivity contribution is 5.78. The summed E-state index contributed by atoms with van der Waals surface area (Å²) in [5, 5.41) is 3.52. The zero-order chi connectivity index (χ0) is 10.4. The van der Waals surface area contributed by atoms with Crippen LogP contribution >= 0.6 is 0 Å². The summed E-state index contributed by atoms with van der Waals surface area (Å²) in [7, 11) is 0. The van der Waals surface area contributed by atoms with E-state index in [1.54, 1.807) is 4.52 Å². The fourth-order valence-electron chi connectivity index (χ4n) is 1.72. The Morgan fingerprint density at radius 2 is 2.20 bits per heavy atom. The van der Waals surface area contributed by atoms with Crippen molar-refractivity contribution in [1.29, 1.82) is 0 Å². The minimum absolute atomic E-state index is 0.284. The number of hydrogen-bond donors (Lipinski definition) is 1. The van der Waals surface area contributed by atoms with Crippen LogP contribution in [-0.2, 0) is 0 Å². The van der Waals surface area contributed by atoms with Gasteiger partial charge in [-0.05, 0) is 17.1 Å². The summed E-state index contributed by atoms with van der Waals surface area (Å²) in [5.41, 5.74) is 1.53. The van der Waals surface area contributed by atoms with Gasteiger partial charge in [-0.1, -0.05) is 21.9 Å². The van der Waals surface area contributed by atoms with Gasteiger partial charge in [-0.15, -0.1) is 0 Å². The summed E-state index contributed by atoms with van der Waals surface area (Å²) >= 11 is 0. The van der Waals surface area contributed by atoms with Gasteiger partial charge in [0.1, 0.15) is 0 Å². The molecule has 1 N–H and O–H groups in total. The third-order valence-electron chi connectivity index (χ3n) is 2.43. The van der Waals surface area contributed by atoms with E-state index in [1.165, 1.54) is 0 Å². The number of rotatable bonds is 0. The van der Waals surface area contributed by atoms with Crippen LogP contribution in [0.25, 0.3) is 16.6 Å². The molecule has 0 aliphatic heterocycles. The lowest BCUT2D eigenvalue weighted by Crippen LogP contribution is -2.27. The zero-order valence-electron chi connectivity index (χ0n) is 8.02. The number of aryl methyl sites for hydroxylation is 1. The van der Waals surface area contributed by atoms with Crippen molar-refractivity contribution >= 4 is 16.6 Å². The molecule has 0 spiro atoms. The lowest BCUT2D eigenvalue weighted by atomic mass is 10.2. The first-order valence-electron chi connectivity index (χ1n) is 4.56. The maximum absolute atomic E-state index is 11.3. The lowest BCUT2D eigenvalue weighted by molar-refractivity contribution is -0.570. The van der Waals surface area contributed by atoms with Crippen molar-refractivity contribution in [3.8, 4) is 0 Å². The van der Waals surface area contributed by atoms with Gasteiger partial charge in [-0.3, -0.25) is 4.52 Å². The highest BCUT2D eigenvalue weighted by atomic mass is 16.5. The van der Waals surface area contributed by atoms with E-state index in [1.807, 2.05) is 31.2 Å². The molecule has 5 nitrogen and oxygen atoms in total. The number of aromatic amines is 1. The fraction of sp³-hybridized carbons (Fsp3) is 0.100. The van der Waals surface area contributed by atoms with Gasteiger partial charge in [0.05, 0.1) is 5.39 Å². The fourth-order valence-corrected chi connectivity index (χ4v) is 1.72. The van der Waals surface area contributed by atoms with Crippen molar-refractivity contribution in [2.75, 3.05) is 0 Å². The van der Waals surface area contributed by atoms with Crippen LogP contribution in [0.5, 0.6) is 0 Å². The van der Waals surface area contributed by atoms with Gasteiger partial charge in [0, 0.05) is 6.92 Å². The Balaban J connectivity index is 2.71. The topological polar surface area (TPSA) is 63.0 Å². The van der Waals surface area contributed by atoms with Crippen molar-refractivity contribution < 1.29 is 9.04 Å². The first kappa shape index (κ1) is 8.16. The molecule has 0 unspecified atom stereocenters. The van der Waals surface area contributed by atoms with Crippen LogP contribution in [0.15, 0.2) is 33.6 Å². The minimum Gasteiger partial charge on any atom is -0.298 e. The second-order valence-electron chi connectivity index (χ2n) is 3.35. The van der Waals surface area contributed by atoms with Crippen molar-refractivity contribution in [1.82, 2.24) is 10.3 Å². The van der Waals surface area contributed by atoms with Gasteiger partial charge in [0.25, 0.3) is 0 Å². The van der Waals surface area contributed by atoms with Crippen LogP contribution in [0.1, 0.15) is 5.69 Å². The second-order valence-corrected chi connectivity index (χ2v) is 3.35. The minimum atomic E-state index is -0.455. The molecule has 3 aromatic rings. The quantitative estimate of drug-likeness (QED) is 0.542. The van der Waals surface area contributed by atoms with Crippen LogP contribution in [0.4, 0.5) is 0 Å². The van der Waals surface area contributed by atoms with Crippen molar-refractivity contribution in [3.05, 3.63) is 40.4 Å². The van der Waals surface area contributed by atoms with E-state index < -0.39 is 5.63 Å². The summed E-state index contributed by atoms with van der Waals surface area (Å²) in [6, 6.07) is 7.69. The molecule has 3 rings (SSSR count). The Hall–Kier alpha value is -2.17. The van der Waals surface area contributed by atoms with Gasteiger partial charge in [0.2, 0.25) is 0 Å². The summed E-state index contributed by atoms with van der Waals surface area (Å²) in [5.74, 6) is 0. The van der Waals surface area contributed by atoms with E-state index in [4.69, 9.17) is 4.52 Å². The molecular weight excluding hydrogens is 194 g/mol. The molecule has 0 saturated heterocycles. The first-order chi connectivity index (χ1) is 7.27. The van der Waals surface area contributed by atoms with E-state index in [0.717, 1.165) is 16.6 Å². The molecule has 0 saturated carbocycles. The predicted octanol–water partition coefficient (Wildman–Crippen LogP) is 0.563. The van der Waals surface area contributed by atoms with Crippen LogP contribution in [0.2, 0.25) is 0 Å². The van der Waals surface area contributed by atoms with E-state index in [0.29, 0.717) is 0 Å². The zero-order valence-corrected chi connectivity index (χ0v) is 8.02. The average Bonchev–Trinajstić information content (AvgIpc) is 2.62. The average molecular weight is 202 g/mol. The van der Waals surface area contributed by atoms with Crippen LogP contribution in [0, 0.1) is 6.92 Å². The van der Waals surface area contributed by atoms with Crippen LogP contribution < -0.4 is 10.1 Å². The molecule has 0 aliphatic rings. The Kier molecular flexibility index (Phi) is 1.45. The van der Waals surface area contributed by atoms with Crippen LogP contribution in [-0.4, -0.2) is 10.3 Å². The Morgan fingerprint density at radius 1 is 1.40 bits per heavy atom. The number of benzene rings is 1. The summed E-state index contributed by atoms with van der Waals surface area (Å²) in [6.45, 7) is 1.87. The lowest BCUT2D eigenvalue weighted by Gasteiger charge is -1.93. The largest absolute Gasteiger partial charge is 0.455 e. The number of H-pyrrole nitrogens is 1. The Labute approximate surface area is 83.9 Å². The molecule has 0 bridgehead atoms. The third kappa shape index (κ3) is 0.999. The second kappa shape index (κ2) is 2.66. The standard InChI is InChI=1S/C10H7N3O2/c1-6-7-4-2-3-5-8(7)13-9(11-6)10(14)15-12-13/h2-5H,1H3/p+1. The molecule has 2 heterocycles. The van der Waals surface area contributed by atoms with E-state index in [-0.39, 0.29) is 5.65 Å². The molecule has 15 heavy (non-hydrogen) atoms. The smallest absolute Gasteiger partial charge is 0.298 e. The number of para-hydroxylation sites is 1. The maximum Gasteiger partial charge on any atom is 0.455 e. The summed E-state index contributed by atoms with van der Waals surface area (Å²) in [4.78, 5) is 15.5. The highest BCUT2D eigenvalue weighted by Gasteiger charge is 2.19. The molecule has 0 amide bonds. The monoisotopic (exact) mass is 202 g/mol. The first-order valence-corrected chi connectivity index (χ1v) is 4.56. The molecule has 1 aromatic carbocycles.